The van der Waals surface area contributed by atoms with Crippen LogP contribution in [0.5, 0.6) is 0 Å². The Morgan fingerprint density at radius 3 is 2.00 bits per heavy atom. The summed E-state index contributed by atoms with van der Waals surface area (Å²) in [5, 5.41) is 0. The molecule has 2 unspecified atom stereocenters. The topological polar surface area (TPSA) is 0 Å². The minimum Gasteiger partial charge on any atom is -1.00 e. The van der Waals surface area contributed by atoms with E-state index in [0.29, 0.717) is 0 Å². The van der Waals surface area contributed by atoms with Crippen molar-refractivity contribution in [1.29, 1.82) is 0 Å². The predicted molar refractivity (Wildman–Crippen MR) is 78.4 cm³/mol. The molecular weight excluding hydrogens is 474 g/mol. The first-order chi connectivity index (χ1) is 8.36. The van der Waals surface area contributed by atoms with Crippen LogP contribution in [0.4, 0.5) is 0 Å². The van der Waals surface area contributed by atoms with Gasteiger partial charge in [-0.05, 0) is 19.3 Å². The summed E-state index contributed by atoms with van der Waals surface area (Å²) in [5.74, 6) is 2.11. The third kappa shape index (κ3) is 7.09. The van der Waals surface area contributed by atoms with E-state index in [0.717, 1.165) is 16.3 Å². The van der Waals surface area contributed by atoms with Gasteiger partial charge in [0.15, 0.2) is 0 Å². The van der Waals surface area contributed by atoms with Crippen LogP contribution in [-0.4, -0.2) is 63.3 Å². The van der Waals surface area contributed by atoms with Gasteiger partial charge in [-0.2, -0.15) is 0 Å². The Hall–Kier alpha value is 1.38. The first-order valence-electron chi connectivity index (χ1n) is 8.00. The molecule has 0 N–H and O–H groups in total. The van der Waals surface area contributed by atoms with E-state index in [1.807, 2.05) is 0 Å². The summed E-state index contributed by atoms with van der Waals surface area (Å²) in [7, 11) is 9.45. The van der Waals surface area contributed by atoms with Gasteiger partial charge in [0, 0.05) is 24.7 Å². The summed E-state index contributed by atoms with van der Waals surface area (Å²) in [6, 6.07) is 0. The monoisotopic (exact) mass is 508 g/mol. The number of fused-ring (bicyclic) bond motifs is 2. The van der Waals surface area contributed by atoms with E-state index < -0.39 is 0 Å². The van der Waals surface area contributed by atoms with Crippen molar-refractivity contribution in [3.8, 4) is 0 Å². The van der Waals surface area contributed by atoms with Crippen molar-refractivity contribution in [2.24, 2.45) is 11.8 Å². The first kappa shape index (κ1) is 21.4. The van der Waals surface area contributed by atoms with Crippen LogP contribution in [0.2, 0.25) is 0 Å². The molecule has 0 aromatic heterocycles. The van der Waals surface area contributed by atoms with E-state index in [1.54, 1.807) is 6.42 Å². The molecule has 2 aliphatic rings. The molecular formula is C16H34I2N2. The lowest BCUT2D eigenvalue weighted by molar-refractivity contribution is -0.923. The number of hydrogen-bond donors (Lipinski definition) is 0. The minimum atomic E-state index is 0. The van der Waals surface area contributed by atoms with Crippen LogP contribution >= 0.6 is 0 Å². The number of nitrogens with zero attached hydrogens (tertiary/aromatic N) is 2. The molecule has 0 aromatic rings. The summed E-state index contributed by atoms with van der Waals surface area (Å²) in [4.78, 5) is 0. The fourth-order valence-corrected chi connectivity index (χ4v) is 4.32. The Morgan fingerprint density at radius 1 is 0.950 bits per heavy atom. The molecule has 0 spiro atoms. The van der Waals surface area contributed by atoms with Crippen molar-refractivity contribution in [1.82, 2.24) is 0 Å². The molecule has 0 aromatic carbocycles. The fraction of sp³-hybridized carbons (Fsp3) is 1.00. The lowest BCUT2D eigenvalue weighted by Crippen LogP contribution is -3.00. The van der Waals surface area contributed by atoms with E-state index in [1.165, 1.54) is 62.8 Å². The zero-order chi connectivity index (χ0) is 13.2. The molecule has 20 heavy (non-hydrogen) atoms. The highest BCUT2D eigenvalue weighted by Gasteiger charge is 2.38. The van der Waals surface area contributed by atoms with Gasteiger partial charge in [0.05, 0.1) is 54.4 Å². The molecule has 1 heterocycles. The molecule has 1 saturated heterocycles. The lowest BCUT2D eigenvalue weighted by atomic mass is 9.77. The van der Waals surface area contributed by atoms with Gasteiger partial charge in [-0.15, -0.1) is 0 Å². The summed E-state index contributed by atoms with van der Waals surface area (Å²) in [6.07, 6.45) is 8.91. The molecule has 1 aliphatic heterocycles. The summed E-state index contributed by atoms with van der Waals surface area (Å²) in [5.41, 5.74) is 0. The van der Waals surface area contributed by atoms with E-state index in [9.17, 15) is 0 Å². The summed E-state index contributed by atoms with van der Waals surface area (Å²) in [6.45, 7) is 5.70. The molecule has 2 rings (SSSR count). The normalized spacial score (nSPS) is 33.0. The molecule has 4 heteroatoms. The average molecular weight is 508 g/mol. The van der Waals surface area contributed by atoms with Crippen LogP contribution < -0.4 is 48.0 Å². The maximum absolute atomic E-state index is 2.52. The molecule has 2 fully saturated rings. The Morgan fingerprint density at radius 2 is 1.50 bits per heavy atom. The van der Waals surface area contributed by atoms with Crippen LogP contribution in [0.15, 0.2) is 0 Å². The maximum Gasteiger partial charge on any atom is 0.0813 e. The quantitative estimate of drug-likeness (QED) is 0.208. The smallest absolute Gasteiger partial charge is 0.0813 e. The average Bonchev–Trinajstić information content (AvgIpc) is 2.22. The zero-order valence-electron chi connectivity index (χ0n) is 13.9. The standard InChI is InChI=1S/C16H34N2.2HI/c1-17(2,3)10-5-6-11-18(4)13-15-8-7-9-16(12-15)14-18;;/h15-16H,5-14H2,1-4H3;2*1H/q+2;;/p-2. The third-order valence-electron chi connectivity index (χ3n) is 5.07. The number of quaternary nitrogens is 2. The van der Waals surface area contributed by atoms with Crippen LogP contribution in [0.3, 0.4) is 0 Å². The van der Waals surface area contributed by atoms with Gasteiger partial charge in [-0.25, -0.2) is 0 Å². The van der Waals surface area contributed by atoms with Gasteiger partial charge in [0.2, 0.25) is 0 Å². The van der Waals surface area contributed by atoms with Crippen molar-refractivity contribution >= 4 is 0 Å². The van der Waals surface area contributed by atoms with E-state index in [-0.39, 0.29) is 48.0 Å². The van der Waals surface area contributed by atoms with Crippen molar-refractivity contribution < 1.29 is 56.9 Å². The van der Waals surface area contributed by atoms with Crippen LogP contribution in [-0.2, 0) is 0 Å². The van der Waals surface area contributed by atoms with Gasteiger partial charge in [0.25, 0.3) is 0 Å². The Labute approximate surface area is 160 Å². The van der Waals surface area contributed by atoms with Crippen molar-refractivity contribution in [3.63, 3.8) is 0 Å². The first-order valence-corrected chi connectivity index (χ1v) is 8.00. The fourth-order valence-electron chi connectivity index (χ4n) is 4.32. The van der Waals surface area contributed by atoms with E-state index in [2.05, 4.69) is 28.2 Å². The van der Waals surface area contributed by atoms with E-state index >= 15 is 0 Å². The highest BCUT2D eigenvalue weighted by molar-refractivity contribution is 4.77. The van der Waals surface area contributed by atoms with Crippen LogP contribution in [0.1, 0.15) is 38.5 Å². The lowest BCUT2D eigenvalue weighted by Gasteiger charge is -2.47. The summed E-state index contributed by atoms with van der Waals surface area (Å²) < 4.78 is 2.50. The largest absolute Gasteiger partial charge is 1.00 e. The highest BCUT2D eigenvalue weighted by Crippen LogP contribution is 2.37. The van der Waals surface area contributed by atoms with Crippen molar-refractivity contribution in [2.45, 2.75) is 38.5 Å². The highest BCUT2D eigenvalue weighted by atomic mass is 127. The van der Waals surface area contributed by atoms with Gasteiger partial charge >= 0.3 is 0 Å². The second kappa shape index (κ2) is 8.87. The Bertz CT molecular complexity index is 264. The Balaban J connectivity index is 0.00000180. The van der Waals surface area contributed by atoms with Crippen LogP contribution in [0.25, 0.3) is 0 Å². The van der Waals surface area contributed by atoms with Gasteiger partial charge in [0.1, 0.15) is 0 Å². The molecule has 2 nitrogen and oxygen atoms in total. The zero-order valence-corrected chi connectivity index (χ0v) is 18.2. The number of halogens is 2. The molecule has 0 radical (unpaired) electrons. The SMILES string of the molecule is C[N+](C)(C)CCCC[N+]1(C)CC2CCCC(C2)C1.[I-].[I-]. The van der Waals surface area contributed by atoms with Gasteiger partial charge in [-0.3, -0.25) is 0 Å². The van der Waals surface area contributed by atoms with Crippen molar-refractivity contribution in [2.75, 3.05) is 54.4 Å². The van der Waals surface area contributed by atoms with Gasteiger partial charge < -0.3 is 56.9 Å². The molecule has 0 amide bonds. The van der Waals surface area contributed by atoms with Crippen molar-refractivity contribution in [3.05, 3.63) is 0 Å². The second-order valence-corrected chi connectivity index (χ2v) is 8.33. The second-order valence-electron chi connectivity index (χ2n) is 8.33. The predicted octanol–water partition coefficient (Wildman–Crippen LogP) is -3.25. The van der Waals surface area contributed by atoms with Gasteiger partial charge in [-0.1, -0.05) is 6.42 Å². The number of unbranched alkanes of at least 4 members (excludes halogenated alkanes) is 1. The molecule has 2 bridgehead atoms. The number of hydrogen-bond acceptors (Lipinski definition) is 0. The molecule has 1 saturated carbocycles. The molecule has 2 atom stereocenters. The number of likely N-dealkylation sites (tertiary alicyclic amines) is 1. The molecule has 122 valence electrons. The molecule has 1 aliphatic carbocycles. The van der Waals surface area contributed by atoms with Crippen LogP contribution in [0, 0.1) is 11.8 Å². The minimum absolute atomic E-state index is 0. The Kier molecular flexibility index (Phi) is 9.48. The maximum atomic E-state index is 2.52. The number of rotatable bonds is 5. The summed E-state index contributed by atoms with van der Waals surface area (Å²) >= 11 is 0. The third-order valence-corrected chi connectivity index (χ3v) is 5.07. The number of piperidine rings is 1. The van der Waals surface area contributed by atoms with E-state index in [4.69, 9.17) is 0 Å².